The second-order valence-electron chi connectivity index (χ2n) is 7.11. The third-order valence-corrected chi connectivity index (χ3v) is 5.97. The molecule has 0 aromatic rings. The third kappa shape index (κ3) is 2.37. The summed E-state index contributed by atoms with van der Waals surface area (Å²) in [5, 5.41) is 29.1. The number of aliphatic carboxylic acids is 2. The Morgan fingerprint density at radius 3 is 2.43 bits per heavy atom. The smallest absolute Gasteiger partial charge is 0.309 e. The molecule has 0 heterocycles. The van der Waals surface area contributed by atoms with Gasteiger partial charge in [-0.25, -0.2) is 0 Å². The second-order valence-corrected chi connectivity index (χ2v) is 7.11. The van der Waals surface area contributed by atoms with Gasteiger partial charge in [0.25, 0.3) is 0 Å². The minimum absolute atomic E-state index is 0.0986. The topological polar surface area (TPSA) is 94.8 Å². The molecule has 0 amide bonds. The van der Waals surface area contributed by atoms with Gasteiger partial charge in [-0.3, -0.25) is 9.59 Å². The summed E-state index contributed by atoms with van der Waals surface area (Å²) in [6.07, 6.45) is 1.55. The van der Waals surface area contributed by atoms with Crippen molar-refractivity contribution in [1.29, 1.82) is 0 Å². The van der Waals surface area contributed by atoms with E-state index in [0.29, 0.717) is 18.4 Å². The van der Waals surface area contributed by atoms with Crippen LogP contribution >= 0.6 is 0 Å². The van der Waals surface area contributed by atoms with Crippen molar-refractivity contribution < 1.29 is 24.9 Å². The Balaban J connectivity index is 2.47. The monoisotopic (exact) mass is 296 g/mol. The van der Waals surface area contributed by atoms with Crippen molar-refractivity contribution >= 4 is 11.9 Å². The lowest BCUT2D eigenvalue weighted by atomic mass is 9.46. The number of carboxylic acids is 2. The zero-order valence-electron chi connectivity index (χ0n) is 12.6. The standard InChI is InChI=1S/C16H24O5/c1-9-10(7-13(18)19)15(2)5-4-6-16(3,14(20)21)12(15)8-11(9)17/h10-12,17H,1,4-8H2,2-3H3,(H,18,19)(H,20,21)/t10-,11+,12+,15+,16-/m0/s1. The average Bonchev–Trinajstić information content (AvgIpc) is 2.37. The summed E-state index contributed by atoms with van der Waals surface area (Å²) < 4.78 is 0. The lowest BCUT2D eigenvalue weighted by Gasteiger charge is -2.58. The van der Waals surface area contributed by atoms with Crippen molar-refractivity contribution in [2.24, 2.45) is 22.7 Å². The number of hydrogen-bond acceptors (Lipinski definition) is 3. The zero-order valence-corrected chi connectivity index (χ0v) is 12.6. The molecule has 0 aromatic heterocycles. The number of carbonyl (C=O) groups is 2. The molecule has 0 aromatic carbocycles. The van der Waals surface area contributed by atoms with E-state index in [2.05, 4.69) is 6.58 Å². The van der Waals surface area contributed by atoms with Gasteiger partial charge in [0.1, 0.15) is 0 Å². The van der Waals surface area contributed by atoms with E-state index < -0.39 is 28.9 Å². The van der Waals surface area contributed by atoms with Crippen LogP contribution in [0.1, 0.15) is 46.0 Å². The highest BCUT2D eigenvalue weighted by atomic mass is 16.4. The maximum Gasteiger partial charge on any atom is 0.309 e. The molecule has 5 nitrogen and oxygen atoms in total. The first-order valence-electron chi connectivity index (χ1n) is 7.45. The number of rotatable bonds is 3. The second kappa shape index (κ2) is 5.13. The van der Waals surface area contributed by atoms with Crippen LogP contribution in [0.25, 0.3) is 0 Å². The average molecular weight is 296 g/mol. The van der Waals surface area contributed by atoms with Crippen molar-refractivity contribution in [3.8, 4) is 0 Å². The van der Waals surface area contributed by atoms with Crippen molar-refractivity contribution in [2.75, 3.05) is 0 Å². The molecule has 0 unspecified atom stereocenters. The van der Waals surface area contributed by atoms with Gasteiger partial charge in [0.15, 0.2) is 0 Å². The number of aliphatic hydroxyl groups is 1. The Morgan fingerprint density at radius 1 is 1.29 bits per heavy atom. The molecule has 5 atom stereocenters. The van der Waals surface area contributed by atoms with Gasteiger partial charge in [-0.2, -0.15) is 0 Å². The molecule has 0 saturated heterocycles. The first-order valence-corrected chi connectivity index (χ1v) is 7.45. The van der Waals surface area contributed by atoms with Crippen LogP contribution in [0.3, 0.4) is 0 Å². The fourth-order valence-electron chi connectivity index (χ4n) is 4.68. The summed E-state index contributed by atoms with van der Waals surface area (Å²) in [5.74, 6) is -2.39. The Bertz CT molecular complexity index is 485. The Morgan fingerprint density at radius 2 is 1.90 bits per heavy atom. The van der Waals surface area contributed by atoms with Gasteiger partial charge >= 0.3 is 11.9 Å². The molecule has 0 aliphatic heterocycles. The van der Waals surface area contributed by atoms with Crippen LogP contribution in [0.5, 0.6) is 0 Å². The molecule has 21 heavy (non-hydrogen) atoms. The van der Waals surface area contributed by atoms with Crippen LogP contribution in [0.15, 0.2) is 12.2 Å². The fourth-order valence-corrected chi connectivity index (χ4v) is 4.68. The summed E-state index contributed by atoms with van der Waals surface area (Å²) in [5.41, 5.74) is -0.795. The first kappa shape index (κ1) is 16.0. The van der Waals surface area contributed by atoms with E-state index in [9.17, 15) is 24.9 Å². The zero-order chi connectivity index (χ0) is 16.0. The van der Waals surface area contributed by atoms with Crippen molar-refractivity contribution in [3.05, 3.63) is 12.2 Å². The summed E-state index contributed by atoms with van der Waals surface area (Å²) in [7, 11) is 0. The molecule has 3 N–H and O–H groups in total. The van der Waals surface area contributed by atoms with Crippen molar-refractivity contribution in [2.45, 2.75) is 52.1 Å². The molecule has 2 aliphatic carbocycles. The quantitative estimate of drug-likeness (QED) is 0.695. The lowest BCUT2D eigenvalue weighted by Crippen LogP contribution is -2.56. The first-order chi connectivity index (χ1) is 9.63. The number of fused-ring (bicyclic) bond motifs is 1. The molecule has 118 valence electrons. The highest BCUT2D eigenvalue weighted by Crippen LogP contribution is 2.61. The van der Waals surface area contributed by atoms with E-state index in [1.165, 1.54) is 0 Å². The maximum absolute atomic E-state index is 11.8. The van der Waals surface area contributed by atoms with Crippen LogP contribution in [-0.4, -0.2) is 33.4 Å². The summed E-state index contributed by atoms with van der Waals surface area (Å²) >= 11 is 0. The van der Waals surface area contributed by atoms with E-state index in [-0.39, 0.29) is 18.3 Å². The van der Waals surface area contributed by atoms with Crippen LogP contribution in [0, 0.1) is 22.7 Å². The normalized spacial score (nSPS) is 43.2. The van der Waals surface area contributed by atoms with Gasteiger partial charge in [-0.15, -0.1) is 0 Å². The summed E-state index contributed by atoms with van der Waals surface area (Å²) in [4.78, 5) is 23.0. The number of aliphatic hydroxyl groups excluding tert-OH is 1. The highest BCUT2D eigenvalue weighted by molar-refractivity contribution is 5.75. The molecule has 0 radical (unpaired) electrons. The summed E-state index contributed by atoms with van der Waals surface area (Å²) in [6, 6.07) is 0. The highest BCUT2D eigenvalue weighted by Gasteiger charge is 2.59. The van der Waals surface area contributed by atoms with Crippen LogP contribution in [0.2, 0.25) is 0 Å². The van der Waals surface area contributed by atoms with Crippen LogP contribution in [-0.2, 0) is 9.59 Å². The molecular formula is C16H24O5. The van der Waals surface area contributed by atoms with Gasteiger partial charge in [0, 0.05) is 0 Å². The van der Waals surface area contributed by atoms with E-state index in [0.717, 1.165) is 12.8 Å². The molecule has 2 saturated carbocycles. The molecule has 2 rings (SSSR count). The Labute approximate surface area is 124 Å². The van der Waals surface area contributed by atoms with Gasteiger partial charge in [0.05, 0.1) is 17.9 Å². The van der Waals surface area contributed by atoms with E-state index in [1.807, 2.05) is 6.92 Å². The molecular weight excluding hydrogens is 272 g/mol. The predicted molar refractivity (Wildman–Crippen MR) is 76.7 cm³/mol. The van der Waals surface area contributed by atoms with E-state index in [1.54, 1.807) is 6.92 Å². The van der Waals surface area contributed by atoms with E-state index in [4.69, 9.17) is 0 Å². The predicted octanol–water partition coefficient (Wildman–Crippen LogP) is 2.30. The number of hydrogen-bond donors (Lipinski definition) is 3. The molecule has 0 spiro atoms. The maximum atomic E-state index is 11.8. The van der Waals surface area contributed by atoms with Gasteiger partial charge in [0.2, 0.25) is 0 Å². The van der Waals surface area contributed by atoms with E-state index >= 15 is 0 Å². The van der Waals surface area contributed by atoms with Crippen LogP contribution < -0.4 is 0 Å². The largest absolute Gasteiger partial charge is 0.481 e. The molecule has 0 bridgehead atoms. The number of carboxylic acid groups (broad SMARTS) is 2. The third-order valence-electron chi connectivity index (χ3n) is 5.97. The van der Waals surface area contributed by atoms with Gasteiger partial charge in [-0.1, -0.05) is 19.9 Å². The molecule has 2 fully saturated rings. The van der Waals surface area contributed by atoms with Gasteiger partial charge < -0.3 is 15.3 Å². The minimum atomic E-state index is -0.933. The minimum Gasteiger partial charge on any atom is -0.481 e. The SMILES string of the molecule is C=C1[C@H](O)C[C@@H]2[C@](C)(CCC[C@]2(C)C(=O)O)[C@H]1CC(=O)O. The lowest BCUT2D eigenvalue weighted by molar-refractivity contribution is -0.168. The Kier molecular flexibility index (Phi) is 3.91. The Hall–Kier alpha value is -1.36. The summed E-state index contributed by atoms with van der Waals surface area (Å²) in [6.45, 7) is 7.60. The van der Waals surface area contributed by atoms with Crippen molar-refractivity contribution in [1.82, 2.24) is 0 Å². The van der Waals surface area contributed by atoms with Crippen molar-refractivity contribution in [3.63, 3.8) is 0 Å². The van der Waals surface area contributed by atoms with Gasteiger partial charge in [-0.05, 0) is 49.0 Å². The molecule has 5 heteroatoms. The fraction of sp³-hybridized carbons (Fsp3) is 0.750. The van der Waals surface area contributed by atoms with Crippen LogP contribution in [0.4, 0.5) is 0 Å². The molecule has 2 aliphatic rings.